The van der Waals surface area contributed by atoms with E-state index in [-0.39, 0.29) is 0 Å². The lowest BCUT2D eigenvalue weighted by Crippen LogP contribution is -2.20. The normalized spacial score (nSPS) is 17.3. The Hall–Kier alpha value is -1.82. The smallest absolute Gasteiger partial charge is 0.279 e. The van der Waals surface area contributed by atoms with Crippen LogP contribution in [-0.4, -0.2) is 22.4 Å². The Morgan fingerprint density at radius 3 is 2.60 bits per heavy atom. The summed E-state index contributed by atoms with van der Waals surface area (Å²) in [5.74, 6) is 0.447. The minimum Gasteiger partial charge on any atom is -0.444 e. The number of oxazole rings is 1. The summed E-state index contributed by atoms with van der Waals surface area (Å²) in [5, 5.41) is 2.64. The van der Waals surface area contributed by atoms with Gasteiger partial charge in [0.2, 0.25) is 0 Å². The quantitative estimate of drug-likeness (QED) is 0.767. The first-order valence-electron chi connectivity index (χ1n) is 4.31. The number of aliphatic imine (C=N–C) groups is 2. The summed E-state index contributed by atoms with van der Waals surface area (Å²) < 4.78 is 5.27. The van der Waals surface area contributed by atoms with Crippen LogP contribution in [0.4, 0.5) is 0 Å². The van der Waals surface area contributed by atoms with Crippen molar-refractivity contribution in [3.05, 3.63) is 34.9 Å². The summed E-state index contributed by atoms with van der Waals surface area (Å²) in [5.41, 5.74) is -0.891. The number of rotatable bonds is 2. The van der Waals surface area contributed by atoms with Crippen LogP contribution in [0.5, 0.6) is 0 Å². The van der Waals surface area contributed by atoms with Crippen LogP contribution < -0.4 is 0 Å². The van der Waals surface area contributed by atoms with Crippen molar-refractivity contribution in [2.24, 2.45) is 9.98 Å². The highest BCUT2D eigenvalue weighted by Crippen LogP contribution is 2.36. The van der Waals surface area contributed by atoms with Crippen molar-refractivity contribution in [3.63, 3.8) is 0 Å². The van der Waals surface area contributed by atoms with Gasteiger partial charge < -0.3 is 4.42 Å². The Kier molecular flexibility index (Phi) is 1.75. The molecule has 0 radical (unpaired) electrons. The molecule has 2 aromatic rings. The van der Waals surface area contributed by atoms with Crippen LogP contribution in [0.15, 0.2) is 38.4 Å². The molecule has 1 aliphatic heterocycles. The molecule has 15 heavy (non-hydrogen) atoms. The molecule has 3 rings (SSSR count). The molecular formula is C9H6N4OS. The molecule has 0 saturated heterocycles. The van der Waals surface area contributed by atoms with E-state index in [9.17, 15) is 0 Å². The molecule has 74 valence electrons. The van der Waals surface area contributed by atoms with Gasteiger partial charge in [-0.05, 0) is 0 Å². The molecule has 0 unspecified atom stereocenters. The Balaban J connectivity index is 2.20. The summed E-state index contributed by atoms with van der Waals surface area (Å²) in [6.07, 6.45) is 8.06. The summed E-state index contributed by atoms with van der Waals surface area (Å²) >= 11 is 1.48. The lowest BCUT2D eigenvalue weighted by atomic mass is 10.2. The van der Waals surface area contributed by atoms with Gasteiger partial charge in [-0.3, -0.25) is 0 Å². The minimum absolute atomic E-state index is 0.447. The molecule has 6 heteroatoms. The number of hydrogen-bond acceptors (Lipinski definition) is 6. The van der Waals surface area contributed by atoms with Crippen LogP contribution in [0.1, 0.15) is 10.9 Å². The van der Waals surface area contributed by atoms with Gasteiger partial charge in [-0.25, -0.2) is 20.0 Å². The Morgan fingerprint density at radius 1 is 1.13 bits per heavy atom. The first kappa shape index (κ1) is 8.49. The first-order valence-corrected chi connectivity index (χ1v) is 5.19. The van der Waals surface area contributed by atoms with Crippen molar-refractivity contribution in [2.75, 3.05) is 0 Å². The second-order valence-corrected chi connectivity index (χ2v) is 3.80. The fourth-order valence-corrected chi connectivity index (χ4v) is 2.15. The van der Waals surface area contributed by atoms with Crippen molar-refractivity contribution in [3.8, 4) is 0 Å². The molecule has 0 fully saturated rings. The summed E-state index contributed by atoms with van der Waals surface area (Å²) in [6.45, 7) is 0. The highest BCUT2D eigenvalue weighted by atomic mass is 32.1. The van der Waals surface area contributed by atoms with Gasteiger partial charge in [0, 0.05) is 24.0 Å². The minimum atomic E-state index is -0.891. The molecule has 0 aliphatic carbocycles. The second-order valence-electron chi connectivity index (χ2n) is 2.90. The average molecular weight is 218 g/mol. The van der Waals surface area contributed by atoms with Crippen molar-refractivity contribution in [1.82, 2.24) is 9.97 Å². The maximum absolute atomic E-state index is 5.27. The number of hydrogen-bond donors (Lipinski definition) is 0. The summed E-state index contributed by atoms with van der Waals surface area (Å²) in [6, 6.07) is 0. The summed E-state index contributed by atoms with van der Waals surface area (Å²) in [7, 11) is 0. The molecule has 0 aromatic carbocycles. The molecule has 3 heterocycles. The van der Waals surface area contributed by atoms with Crippen molar-refractivity contribution < 1.29 is 4.42 Å². The van der Waals surface area contributed by atoms with Crippen molar-refractivity contribution in [1.29, 1.82) is 0 Å². The monoisotopic (exact) mass is 218 g/mol. The molecule has 0 saturated carbocycles. The van der Waals surface area contributed by atoms with Gasteiger partial charge in [0.15, 0.2) is 5.01 Å². The van der Waals surface area contributed by atoms with Gasteiger partial charge in [-0.2, -0.15) is 0 Å². The molecule has 2 aromatic heterocycles. The van der Waals surface area contributed by atoms with E-state index in [4.69, 9.17) is 4.42 Å². The second kappa shape index (κ2) is 3.09. The molecule has 0 bridgehead atoms. The lowest BCUT2D eigenvalue weighted by molar-refractivity contribution is 0.394. The maximum Gasteiger partial charge on any atom is 0.279 e. The largest absolute Gasteiger partial charge is 0.444 e. The zero-order chi connectivity index (χ0) is 10.1. The third-order valence-electron chi connectivity index (χ3n) is 2.05. The third kappa shape index (κ3) is 1.15. The fraction of sp³-hybridized carbons (Fsp3) is 0.111. The number of thiazole rings is 1. The third-order valence-corrected chi connectivity index (χ3v) is 2.92. The Bertz CT molecular complexity index is 452. The van der Waals surface area contributed by atoms with Crippen LogP contribution in [0.3, 0.4) is 0 Å². The first-order chi connectivity index (χ1) is 7.42. The lowest BCUT2D eigenvalue weighted by Gasteiger charge is -2.15. The average Bonchev–Trinajstić information content (AvgIpc) is 3.02. The van der Waals surface area contributed by atoms with E-state index in [0.717, 1.165) is 5.01 Å². The SMILES string of the molecule is C1=NC(c2ncco2)(c2nccs2)N=C1. The molecule has 0 spiro atoms. The molecule has 1 aliphatic rings. The van der Waals surface area contributed by atoms with Gasteiger partial charge in [0.1, 0.15) is 6.26 Å². The highest BCUT2D eigenvalue weighted by Gasteiger charge is 2.41. The molecular weight excluding hydrogens is 212 g/mol. The highest BCUT2D eigenvalue weighted by molar-refractivity contribution is 7.09. The van der Waals surface area contributed by atoms with E-state index in [2.05, 4.69) is 20.0 Å². The van der Waals surface area contributed by atoms with Gasteiger partial charge in [-0.1, -0.05) is 0 Å². The Morgan fingerprint density at radius 2 is 2.00 bits per heavy atom. The van der Waals surface area contributed by atoms with Gasteiger partial charge in [0.25, 0.3) is 11.6 Å². The summed E-state index contributed by atoms with van der Waals surface area (Å²) in [4.78, 5) is 16.9. The van der Waals surface area contributed by atoms with E-state index < -0.39 is 5.66 Å². The van der Waals surface area contributed by atoms with Crippen LogP contribution in [0, 0.1) is 0 Å². The van der Waals surface area contributed by atoms with Gasteiger partial charge in [0.05, 0.1) is 6.20 Å². The van der Waals surface area contributed by atoms with Gasteiger partial charge in [-0.15, -0.1) is 11.3 Å². The van der Waals surface area contributed by atoms with Crippen LogP contribution in [-0.2, 0) is 5.66 Å². The van der Waals surface area contributed by atoms with Crippen molar-refractivity contribution in [2.45, 2.75) is 5.66 Å². The van der Waals surface area contributed by atoms with E-state index >= 15 is 0 Å². The van der Waals surface area contributed by atoms with E-state index in [1.807, 2.05) is 5.38 Å². The van der Waals surface area contributed by atoms with Gasteiger partial charge >= 0.3 is 0 Å². The molecule has 5 nitrogen and oxygen atoms in total. The Labute approximate surface area is 89.2 Å². The van der Waals surface area contributed by atoms with Crippen LogP contribution in [0.2, 0.25) is 0 Å². The van der Waals surface area contributed by atoms with Crippen molar-refractivity contribution >= 4 is 23.8 Å². The predicted octanol–water partition coefficient (Wildman–Crippen LogP) is 1.49. The number of nitrogens with zero attached hydrogens (tertiary/aromatic N) is 4. The maximum atomic E-state index is 5.27. The van der Waals surface area contributed by atoms with Crippen LogP contribution >= 0.6 is 11.3 Å². The standard InChI is InChI=1S/C9H6N4OS/c1-2-13-9(12-1,7-10-3-5-14-7)8-11-4-6-15-8/h1-6H. The van der Waals surface area contributed by atoms with E-state index in [1.54, 1.807) is 24.8 Å². The topological polar surface area (TPSA) is 63.6 Å². The molecule has 0 N–H and O–H groups in total. The molecule has 0 amide bonds. The van der Waals surface area contributed by atoms with Crippen LogP contribution in [0.25, 0.3) is 0 Å². The van der Waals surface area contributed by atoms with E-state index in [1.165, 1.54) is 17.6 Å². The predicted molar refractivity (Wildman–Crippen MR) is 56.4 cm³/mol. The zero-order valence-electron chi connectivity index (χ0n) is 7.57. The molecule has 0 atom stereocenters. The fourth-order valence-electron chi connectivity index (χ4n) is 1.42. The number of aromatic nitrogens is 2. The van der Waals surface area contributed by atoms with E-state index in [0.29, 0.717) is 5.89 Å². The zero-order valence-corrected chi connectivity index (χ0v) is 8.39.